The van der Waals surface area contributed by atoms with Crippen molar-refractivity contribution in [2.75, 3.05) is 5.43 Å². The molecule has 0 spiro atoms. The van der Waals surface area contributed by atoms with Crippen LogP contribution in [0.1, 0.15) is 89.2 Å². The average Bonchev–Trinajstić information content (AvgIpc) is 2.87. The molecule has 2 bridgehead atoms. The van der Waals surface area contributed by atoms with Gasteiger partial charge < -0.3 is 20.8 Å². The molecule has 0 unspecified atom stereocenters. The van der Waals surface area contributed by atoms with Gasteiger partial charge in [-0.05, 0) is 78.1 Å². The van der Waals surface area contributed by atoms with Crippen molar-refractivity contribution in [1.29, 1.82) is 0 Å². The number of fused-ring (bicyclic) bond motifs is 2. The van der Waals surface area contributed by atoms with Gasteiger partial charge in [-0.2, -0.15) is 4.68 Å². The third-order valence-electron chi connectivity index (χ3n) is 6.68. The molecule has 1 saturated carbocycles. The Kier molecular flexibility index (Phi) is 4.60. The van der Waals surface area contributed by atoms with Gasteiger partial charge in [0.05, 0.1) is 0 Å². The highest BCUT2D eigenvalue weighted by Gasteiger charge is 2.42. The van der Waals surface area contributed by atoms with Gasteiger partial charge in [-0.1, -0.05) is 0 Å². The lowest BCUT2D eigenvalue weighted by Crippen LogP contribution is -2.62. The van der Waals surface area contributed by atoms with Crippen LogP contribution in [0.2, 0.25) is 0 Å². The maximum atomic E-state index is 12.5. The lowest BCUT2D eigenvalue weighted by atomic mass is 9.68. The second-order valence-corrected chi connectivity index (χ2v) is 10.3. The van der Waals surface area contributed by atoms with Gasteiger partial charge in [-0.25, -0.2) is 5.43 Å². The molecule has 5 N–H and O–H groups in total. The average molecular weight is 405 g/mol. The van der Waals surface area contributed by atoms with Crippen molar-refractivity contribution >= 4 is 11.8 Å². The fraction of sp³-hybridized carbons (Fsp3) is 0.714. The van der Waals surface area contributed by atoms with Crippen LogP contribution < -0.4 is 16.1 Å². The van der Waals surface area contributed by atoms with Crippen LogP contribution in [0, 0.1) is 0 Å². The lowest BCUT2D eigenvalue weighted by molar-refractivity contribution is -0.137. The Bertz CT molecular complexity index is 798. The highest BCUT2D eigenvalue weighted by atomic mass is 16.3. The fourth-order valence-corrected chi connectivity index (χ4v) is 5.99. The van der Waals surface area contributed by atoms with Crippen LogP contribution in [0.3, 0.4) is 0 Å². The Labute approximate surface area is 171 Å². The summed E-state index contributed by atoms with van der Waals surface area (Å²) in [5.74, 6) is -1.57. The largest absolute Gasteiger partial charge is 0.493 e. The van der Waals surface area contributed by atoms with Gasteiger partial charge >= 0.3 is 11.8 Å². The van der Waals surface area contributed by atoms with E-state index < -0.39 is 11.8 Å². The quantitative estimate of drug-likeness (QED) is 0.485. The first-order chi connectivity index (χ1) is 13.5. The first-order valence-corrected chi connectivity index (χ1v) is 10.5. The third kappa shape index (κ3) is 3.58. The molecule has 1 aromatic rings. The van der Waals surface area contributed by atoms with Gasteiger partial charge in [0, 0.05) is 28.2 Å². The number of carbonyl (C=O) groups excluding carboxylic acids is 2. The summed E-state index contributed by atoms with van der Waals surface area (Å²) >= 11 is 0. The molecule has 5 rings (SSSR count). The molecule has 2 fully saturated rings. The van der Waals surface area contributed by atoms with E-state index in [-0.39, 0.29) is 40.7 Å². The zero-order chi connectivity index (χ0) is 21.1. The Hall–Kier alpha value is -2.22. The monoisotopic (exact) mass is 404 g/mol. The number of aromatic nitrogens is 1. The number of amides is 2. The number of nitrogens with one attached hydrogen (secondary N) is 3. The zero-order valence-electron chi connectivity index (χ0n) is 17.6. The van der Waals surface area contributed by atoms with Crippen LogP contribution in [0.5, 0.6) is 11.8 Å². The van der Waals surface area contributed by atoms with E-state index in [1.807, 2.05) is 0 Å². The molecule has 3 aliphatic carbocycles. The highest BCUT2D eigenvalue weighted by molar-refractivity contribution is 6.38. The molecule has 0 aromatic carbocycles. The van der Waals surface area contributed by atoms with Crippen molar-refractivity contribution in [3.05, 3.63) is 11.1 Å². The molecule has 4 aliphatic rings. The van der Waals surface area contributed by atoms with Crippen LogP contribution >= 0.6 is 0 Å². The Morgan fingerprint density at radius 2 is 1.34 bits per heavy atom. The van der Waals surface area contributed by atoms with Crippen molar-refractivity contribution in [1.82, 2.24) is 15.3 Å². The zero-order valence-corrected chi connectivity index (χ0v) is 17.6. The molecule has 8 heteroatoms. The summed E-state index contributed by atoms with van der Waals surface area (Å²) in [7, 11) is 0. The summed E-state index contributed by atoms with van der Waals surface area (Å²) in [4.78, 5) is 25.0. The first kappa shape index (κ1) is 20.1. The predicted octanol–water partition coefficient (Wildman–Crippen LogP) is 2.15. The van der Waals surface area contributed by atoms with E-state index in [0.29, 0.717) is 12.8 Å². The minimum Gasteiger partial charge on any atom is -0.493 e. The number of nitrogens with zero attached hydrogens (tertiary/aromatic N) is 1. The fourth-order valence-electron chi connectivity index (χ4n) is 5.99. The molecule has 160 valence electrons. The van der Waals surface area contributed by atoms with E-state index in [2.05, 4.69) is 43.8 Å². The van der Waals surface area contributed by atoms with Gasteiger partial charge in [0.15, 0.2) is 0 Å². The summed E-state index contributed by atoms with van der Waals surface area (Å²) in [6.45, 7) is 8.29. The van der Waals surface area contributed by atoms with Crippen molar-refractivity contribution in [3.63, 3.8) is 0 Å². The van der Waals surface area contributed by atoms with Gasteiger partial charge in [0.2, 0.25) is 11.8 Å². The number of hydrogen-bond donors (Lipinski definition) is 5. The molecule has 1 aliphatic heterocycles. The van der Waals surface area contributed by atoms with Crippen molar-refractivity contribution in [2.24, 2.45) is 0 Å². The molecular formula is C21H32N4O4. The summed E-state index contributed by atoms with van der Waals surface area (Å²) in [5.41, 5.74) is 3.52. The highest BCUT2D eigenvalue weighted by Crippen LogP contribution is 2.56. The molecule has 2 heterocycles. The summed E-state index contributed by atoms with van der Waals surface area (Å²) < 4.78 is 0.972. The minimum absolute atomic E-state index is 0.143. The Morgan fingerprint density at radius 3 is 1.79 bits per heavy atom. The van der Waals surface area contributed by atoms with Gasteiger partial charge in [-0.3, -0.25) is 9.59 Å². The van der Waals surface area contributed by atoms with Crippen LogP contribution in [-0.4, -0.2) is 43.8 Å². The molecule has 1 aromatic heterocycles. The Morgan fingerprint density at radius 1 is 0.897 bits per heavy atom. The SMILES string of the molecule is CC1(C)CC(NC(=O)C(=O)Nn2c(O)c3c(c2O)C2CCC3CC2)CC(C)(C)N1. The number of rotatable bonds is 2. The lowest BCUT2D eigenvalue weighted by Gasteiger charge is -2.46. The van der Waals surface area contributed by atoms with E-state index in [9.17, 15) is 19.8 Å². The van der Waals surface area contributed by atoms with Crippen LogP contribution in [0.15, 0.2) is 0 Å². The second kappa shape index (κ2) is 6.65. The third-order valence-corrected chi connectivity index (χ3v) is 6.68. The van der Waals surface area contributed by atoms with E-state index in [1.54, 1.807) is 0 Å². The molecule has 29 heavy (non-hydrogen) atoms. The van der Waals surface area contributed by atoms with Crippen LogP contribution in [-0.2, 0) is 9.59 Å². The predicted molar refractivity (Wildman–Crippen MR) is 109 cm³/mol. The van der Waals surface area contributed by atoms with Crippen LogP contribution in [0.4, 0.5) is 0 Å². The van der Waals surface area contributed by atoms with Crippen molar-refractivity contribution < 1.29 is 19.8 Å². The maximum Gasteiger partial charge on any atom is 0.328 e. The van der Waals surface area contributed by atoms with Crippen molar-refractivity contribution in [2.45, 2.75) is 95.2 Å². The van der Waals surface area contributed by atoms with E-state index >= 15 is 0 Å². The number of hydrogen-bond acceptors (Lipinski definition) is 5. The first-order valence-electron chi connectivity index (χ1n) is 10.5. The maximum absolute atomic E-state index is 12.5. The molecule has 1 saturated heterocycles. The van der Waals surface area contributed by atoms with E-state index in [1.165, 1.54) is 0 Å². The normalized spacial score (nSPS) is 27.3. The standard InChI is InChI=1S/C21H32N4O4/c1-20(2)9-13(10-21(3,4)24-20)22-16(26)17(27)23-25-18(28)14-11-5-6-12(8-7-11)15(14)19(25)29/h11-13,24,28-29H,5-10H2,1-4H3,(H,22,26)(H,23,27). The molecule has 2 amide bonds. The van der Waals surface area contributed by atoms with E-state index in [0.717, 1.165) is 41.5 Å². The smallest absolute Gasteiger partial charge is 0.328 e. The summed E-state index contributed by atoms with van der Waals surface area (Å²) in [5, 5.41) is 27.6. The van der Waals surface area contributed by atoms with Gasteiger partial charge in [0.1, 0.15) is 0 Å². The molecule has 8 nitrogen and oxygen atoms in total. The minimum atomic E-state index is -0.899. The number of piperidine rings is 1. The van der Waals surface area contributed by atoms with Crippen molar-refractivity contribution in [3.8, 4) is 11.8 Å². The summed E-state index contributed by atoms with van der Waals surface area (Å²) in [6, 6.07) is -0.143. The molecular weight excluding hydrogens is 372 g/mol. The Balaban J connectivity index is 1.48. The number of aromatic hydroxyl groups is 2. The molecule has 0 radical (unpaired) electrons. The van der Waals surface area contributed by atoms with Crippen LogP contribution in [0.25, 0.3) is 0 Å². The summed E-state index contributed by atoms with van der Waals surface area (Å²) in [6.07, 6.45) is 5.31. The number of carbonyl (C=O) groups is 2. The van der Waals surface area contributed by atoms with Gasteiger partial charge in [0.25, 0.3) is 0 Å². The van der Waals surface area contributed by atoms with Gasteiger partial charge in [-0.15, -0.1) is 0 Å². The van der Waals surface area contributed by atoms with E-state index in [4.69, 9.17) is 0 Å². The topological polar surface area (TPSA) is 116 Å². The second-order valence-electron chi connectivity index (χ2n) is 10.3. The molecule has 0 atom stereocenters.